The number of hydrogen-bond donors (Lipinski definition) is 2. The molecule has 6 heteroatoms. The van der Waals surface area contributed by atoms with Crippen LogP contribution in [0.1, 0.15) is 47.1 Å². The van der Waals surface area contributed by atoms with Crippen LogP contribution in [0.5, 0.6) is 0 Å². The molecule has 118 valence electrons. The van der Waals surface area contributed by atoms with Gasteiger partial charge in [-0.2, -0.15) is 0 Å². The van der Waals surface area contributed by atoms with Crippen LogP contribution >= 0.6 is 11.6 Å². The van der Waals surface area contributed by atoms with E-state index in [1.165, 1.54) is 6.20 Å². The van der Waals surface area contributed by atoms with E-state index in [4.69, 9.17) is 21.7 Å². The zero-order chi connectivity index (χ0) is 16.6. The van der Waals surface area contributed by atoms with Crippen LogP contribution in [0.2, 0.25) is 5.15 Å². The number of nitrogens with one attached hydrogen (secondary N) is 2. The summed E-state index contributed by atoms with van der Waals surface area (Å²) in [5.74, 6) is -0.365. The summed E-state index contributed by atoms with van der Waals surface area (Å²) in [6.07, 6.45) is 1.50. The molecule has 0 atom stereocenters. The number of aromatic nitrogens is 1. The van der Waals surface area contributed by atoms with Gasteiger partial charge >= 0.3 is 5.97 Å². The Bertz CT molecular complexity index is 496. The second-order valence-electron chi connectivity index (χ2n) is 5.12. The van der Waals surface area contributed by atoms with Crippen molar-refractivity contribution in [2.45, 2.75) is 47.1 Å². The van der Waals surface area contributed by atoms with E-state index in [1.807, 2.05) is 34.6 Å². The molecule has 0 aromatic carbocycles. The summed E-state index contributed by atoms with van der Waals surface area (Å²) in [7, 11) is 0. The van der Waals surface area contributed by atoms with Gasteiger partial charge in [0.15, 0.2) is 0 Å². The zero-order valence-electron chi connectivity index (χ0n) is 13.5. The van der Waals surface area contributed by atoms with Crippen LogP contribution in [-0.4, -0.2) is 28.8 Å². The van der Waals surface area contributed by atoms with Crippen LogP contribution in [0.4, 0.5) is 5.69 Å². The molecule has 0 radical (unpaired) electrons. The zero-order valence-corrected chi connectivity index (χ0v) is 14.3. The number of anilines is 1. The Morgan fingerprint density at radius 1 is 1.43 bits per heavy atom. The lowest BCUT2D eigenvalue weighted by Crippen LogP contribution is -2.28. The molecule has 0 aliphatic heterocycles. The molecule has 2 N–H and O–H groups in total. The lowest BCUT2D eigenvalue weighted by atomic mass is 10.1. The quantitative estimate of drug-likeness (QED) is 0.502. The van der Waals surface area contributed by atoms with Gasteiger partial charge in [0.1, 0.15) is 17.3 Å². The van der Waals surface area contributed by atoms with Crippen molar-refractivity contribution >= 4 is 29.0 Å². The highest BCUT2D eigenvalue weighted by Crippen LogP contribution is 2.18. The molecule has 1 aromatic heterocycles. The number of carbonyl (C=O) groups excluding carboxylic acids is 1. The molecule has 0 spiro atoms. The molecule has 0 aliphatic rings. The number of nitrogens with zero attached hydrogens (tertiary/aromatic N) is 1. The number of rotatable bonds is 4. The van der Waals surface area contributed by atoms with Crippen molar-refractivity contribution < 1.29 is 9.53 Å². The number of carbonyl (C=O) groups is 1. The maximum Gasteiger partial charge on any atom is 0.325 e. The summed E-state index contributed by atoms with van der Waals surface area (Å²) in [5.41, 5.74) is 1.03. The molecule has 1 heterocycles. The topological polar surface area (TPSA) is 75.1 Å². The lowest BCUT2D eigenvalue weighted by Gasteiger charge is -2.20. The molecule has 0 saturated carbocycles. The standard InChI is InChI=1S/C13H18ClN3O2.C2H6/c1-8(15)9-5-11(14)17-6-10(9)16-7-12(18)19-13(2,3)4;1-2/h5-6,15-16H,7H2,1-4H3;1-2H3. The summed E-state index contributed by atoms with van der Waals surface area (Å²) < 4.78 is 5.18. The van der Waals surface area contributed by atoms with Crippen LogP contribution in [0.3, 0.4) is 0 Å². The fourth-order valence-corrected chi connectivity index (χ4v) is 1.58. The first-order valence-electron chi connectivity index (χ1n) is 6.86. The van der Waals surface area contributed by atoms with Crippen molar-refractivity contribution in [2.24, 2.45) is 0 Å². The molecule has 1 rings (SSSR count). The molecule has 1 aromatic rings. The average molecular weight is 314 g/mol. The van der Waals surface area contributed by atoms with Gasteiger partial charge in [0.2, 0.25) is 0 Å². The molecule has 0 saturated heterocycles. The molecule has 0 amide bonds. The molecular weight excluding hydrogens is 290 g/mol. The molecule has 0 unspecified atom stereocenters. The van der Waals surface area contributed by atoms with E-state index in [0.29, 0.717) is 22.1 Å². The van der Waals surface area contributed by atoms with Gasteiger partial charge in [0.25, 0.3) is 0 Å². The number of hydrogen-bond acceptors (Lipinski definition) is 5. The van der Waals surface area contributed by atoms with Gasteiger partial charge in [-0.1, -0.05) is 25.4 Å². The van der Waals surface area contributed by atoms with Crippen molar-refractivity contribution in [2.75, 3.05) is 11.9 Å². The first-order chi connectivity index (χ1) is 9.69. The van der Waals surface area contributed by atoms with Gasteiger partial charge in [-0.3, -0.25) is 4.79 Å². The van der Waals surface area contributed by atoms with E-state index in [0.717, 1.165) is 0 Å². The molecule has 21 heavy (non-hydrogen) atoms. The maximum atomic E-state index is 11.6. The minimum Gasteiger partial charge on any atom is -0.459 e. The van der Waals surface area contributed by atoms with Gasteiger partial charge < -0.3 is 15.5 Å². The van der Waals surface area contributed by atoms with Crippen molar-refractivity contribution in [3.8, 4) is 0 Å². The number of esters is 1. The summed E-state index contributed by atoms with van der Waals surface area (Å²) in [6, 6.07) is 1.58. The fourth-order valence-electron chi connectivity index (χ4n) is 1.43. The first kappa shape index (κ1) is 19.4. The van der Waals surface area contributed by atoms with Crippen molar-refractivity contribution in [1.82, 2.24) is 4.98 Å². The lowest BCUT2D eigenvalue weighted by molar-refractivity contribution is -0.152. The number of halogens is 1. The van der Waals surface area contributed by atoms with Crippen LogP contribution in [0.25, 0.3) is 0 Å². The number of pyridine rings is 1. The second kappa shape index (κ2) is 8.62. The second-order valence-corrected chi connectivity index (χ2v) is 5.50. The van der Waals surface area contributed by atoms with Gasteiger partial charge in [-0.05, 0) is 33.8 Å². The maximum absolute atomic E-state index is 11.6. The van der Waals surface area contributed by atoms with E-state index in [2.05, 4.69) is 10.3 Å². The average Bonchev–Trinajstić information content (AvgIpc) is 2.37. The third kappa shape index (κ3) is 7.66. The third-order valence-corrected chi connectivity index (χ3v) is 2.32. The van der Waals surface area contributed by atoms with E-state index >= 15 is 0 Å². The first-order valence-corrected chi connectivity index (χ1v) is 7.23. The molecule has 5 nitrogen and oxygen atoms in total. The van der Waals surface area contributed by atoms with Crippen LogP contribution < -0.4 is 5.32 Å². The Kier molecular flexibility index (Phi) is 7.95. The van der Waals surface area contributed by atoms with Gasteiger partial charge in [-0.25, -0.2) is 4.98 Å². The Hall–Kier alpha value is -1.62. The molecule has 0 fully saturated rings. The van der Waals surface area contributed by atoms with Crippen LogP contribution in [-0.2, 0) is 9.53 Å². The summed E-state index contributed by atoms with van der Waals surface area (Å²) in [6.45, 7) is 11.1. The largest absolute Gasteiger partial charge is 0.459 e. The summed E-state index contributed by atoms with van der Waals surface area (Å²) in [4.78, 5) is 15.5. The van der Waals surface area contributed by atoms with Crippen molar-refractivity contribution in [3.05, 3.63) is 23.0 Å². The summed E-state index contributed by atoms with van der Waals surface area (Å²) in [5, 5.41) is 10.9. The van der Waals surface area contributed by atoms with Gasteiger partial charge in [-0.15, -0.1) is 0 Å². The normalized spacial score (nSPS) is 10.2. The monoisotopic (exact) mass is 313 g/mol. The summed E-state index contributed by atoms with van der Waals surface area (Å²) >= 11 is 5.78. The SMILES string of the molecule is CC.CC(=N)c1cc(Cl)ncc1NCC(=O)OC(C)(C)C. The Morgan fingerprint density at radius 3 is 2.48 bits per heavy atom. The van der Waals surface area contributed by atoms with Crippen molar-refractivity contribution in [3.63, 3.8) is 0 Å². The van der Waals surface area contributed by atoms with Gasteiger partial charge in [0, 0.05) is 11.3 Å². The Labute approximate surface area is 131 Å². The fraction of sp³-hybridized carbons (Fsp3) is 0.533. The minimum absolute atomic E-state index is 0.0147. The van der Waals surface area contributed by atoms with Crippen LogP contribution in [0.15, 0.2) is 12.3 Å². The van der Waals surface area contributed by atoms with E-state index in [-0.39, 0.29) is 12.5 Å². The Morgan fingerprint density at radius 2 is 2.00 bits per heavy atom. The highest BCUT2D eigenvalue weighted by molar-refractivity contribution is 6.30. The third-order valence-electron chi connectivity index (χ3n) is 2.12. The van der Waals surface area contributed by atoms with E-state index < -0.39 is 5.60 Å². The predicted octanol–water partition coefficient (Wildman–Crippen LogP) is 3.90. The van der Waals surface area contributed by atoms with E-state index in [9.17, 15) is 4.79 Å². The highest BCUT2D eigenvalue weighted by Gasteiger charge is 2.16. The number of ether oxygens (including phenoxy) is 1. The molecule has 0 aliphatic carbocycles. The van der Waals surface area contributed by atoms with E-state index in [1.54, 1.807) is 13.0 Å². The highest BCUT2D eigenvalue weighted by atomic mass is 35.5. The van der Waals surface area contributed by atoms with Crippen LogP contribution in [0, 0.1) is 5.41 Å². The minimum atomic E-state index is -0.517. The molecular formula is C15H24ClN3O2. The predicted molar refractivity (Wildman–Crippen MR) is 87.4 cm³/mol. The van der Waals surface area contributed by atoms with Crippen molar-refractivity contribution in [1.29, 1.82) is 5.41 Å². The Balaban J connectivity index is 0.00000191. The molecule has 0 bridgehead atoms. The van der Waals surface area contributed by atoms with Gasteiger partial charge in [0.05, 0.1) is 11.9 Å². The smallest absolute Gasteiger partial charge is 0.325 e.